The van der Waals surface area contributed by atoms with Gasteiger partial charge in [-0.15, -0.1) is 0 Å². The van der Waals surface area contributed by atoms with Gasteiger partial charge in [0.25, 0.3) is 0 Å². The van der Waals surface area contributed by atoms with Crippen LogP contribution in [0.25, 0.3) is 0 Å². The van der Waals surface area contributed by atoms with Crippen LogP contribution in [0.15, 0.2) is 48.9 Å². The first-order chi connectivity index (χ1) is 6.54. The molecule has 0 aromatic rings. The lowest BCUT2D eigenvalue weighted by atomic mass is 10.2. The van der Waals surface area contributed by atoms with Crippen molar-refractivity contribution in [3.8, 4) is 0 Å². The van der Waals surface area contributed by atoms with Crippen LogP contribution in [0.1, 0.15) is 13.8 Å². The molecule has 0 saturated carbocycles. The van der Waals surface area contributed by atoms with Crippen molar-refractivity contribution in [2.75, 3.05) is 0 Å². The number of nitrogens with two attached hydrogens (primary N) is 2. The summed E-state index contributed by atoms with van der Waals surface area (Å²) in [4.78, 5) is 0. The fraction of sp³-hybridized carbons (Fsp3) is 0.273. The Morgan fingerprint density at radius 1 is 1.21 bits per heavy atom. The average molecular weight is 193 g/mol. The van der Waals surface area contributed by atoms with Crippen LogP contribution in [0.2, 0.25) is 0 Å². The summed E-state index contributed by atoms with van der Waals surface area (Å²) in [5, 5.41) is 1.59. The van der Waals surface area contributed by atoms with Crippen molar-refractivity contribution in [1.82, 2.24) is 5.01 Å². The van der Waals surface area contributed by atoms with Crippen LogP contribution >= 0.6 is 0 Å². The third-order valence-corrected chi connectivity index (χ3v) is 1.70. The highest BCUT2D eigenvalue weighted by molar-refractivity contribution is 5.31. The van der Waals surface area contributed by atoms with Crippen molar-refractivity contribution >= 4 is 0 Å². The quantitative estimate of drug-likeness (QED) is 0.397. The molecular weight excluding hydrogens is 174 g/mol. The highest BCUT2D eigenvalue weighted by atomic mass is 15.4. The van der Waals surface area contributed by atoms with Gasteiger partial charge in [-0.3, -0.25) is 0 Å². The van der Waals surface area contributed by atoms with Crippen LogP contribution < -0.4 is 11.6 Å². The lowest BCUT2D eigenvalue weighted by Gasteiger charge is -2.25. The van der Waals surface area contributed by atoms with Gasteiger partial charge in [-0.1, -0.05) is 25.3 Å². The summed E-state index contributed by atoms with van der Waals surface area (Å²) in [6, 6.07) is 0.179. The van der Waals surface area contributed by atoms with E-state index in [0.29, 0.717) is 5.70 Å². The van der Waals surface area contributed by atoms with E-state index in [0.717, 1.165) is 5.70 Å². The van der Waals surface area contributed by atoms with E-state index in [-0.39, 0.29) is 6.04 Å². The molecule has 4 N–H and O–H groups in total. The molecule has 0 saturated heterocycles. The molecular formula is C11H19N3. The van der Waals surface area contributed by atoms with Gasteiger partial charge in [0.1, 0.15) is 0 Å². The van der Waals surface area contributed by atoms with Crippen LogP contribution in [-0.2, 0) is 0 Å². The first kappa shape index (κ1) is 12.5. The van der Waals surface area contributed by atoms with Gasteiger partial charge in [0.2, 0.25) is 0 Å². The third-order valence-electron chi connectivity index (χ3n) is 1.70. The first-order valence-corrected chi connectivity index (χ1v) is 4.49. The molecule has 0 heterocycles. The van der Waals surface area contributed by atoms with Crippen LogP contribution in [0.4, 0.5) is 0 Å². The summed E-state index contributed by atoms with van der Waals surface area (Å²) in [6.07, 6.45) is 6.76. The molecule has 0 aliphatic heterocycles. The molecule has 0 atom stereocenters. The molecule has 0 aliphatic rings. The van der Waals surface area contributed by atoms with Crippen LogP contribution in [0.5, 0.6) is 0 Å². The van der Waals surface area contributed by atoms with Crippen molar-refractivity contribution in [2.45, 2.75) is 19.9 Å². The van der Waals surface area contributed by atoms with Crippen molar-refractivity contribution < 1.29 is 0 Å². The van der Waals surface area contributed by atoms with Gasteiger partial charge in [-0.05, 0) is 26.0 Å². The molecule has 0 rings (SSSR count). The van der Waals surface area contributed by atoms with E-state index in [9.17, 15) is 0 Å². The fourth-order valence-electron chi connectivity index (χ4n) is 0.934. The van der Waals surface area contributed by atoms with Crippen molar-refractivity contribution in [2.24, 2.45) is 11.6 Å². The lowest BCUT2D eigenvalue weighted by molar-refractivity contribution is 0.298. The highest BCUT2D eigenvalue weighted by Gasteiger charge is 2.09. The first-order valence-electron chi connectivity index (χ1n) is 4.49. The topological polar surface area (TPSA) is 55.3 Å². The van der Waals surface area contributed by atoms with E-state index >= 15 is 0 Å². The molecule has 0 unspecified atom stereocenters. The van der Waals surface area contributed by atoms with Crippen LogP contribution in [0.3, 0.4) is 0 Å². The van der Waals surface area contributed by atoms with Gasteiger partial charge in [0.15, 0.2) is 0 Å². The van der Waals surface area contributed by atoms with Gasteiger partial charge in [0.05, 0.1) is 11.4 Å². The second-order valence-electron chi connectivity index (χ2n) is 3.15. The smallest absolute Gasteiger partial charge is 0.0749 e. The Kier molecular flexibility index (Phi) is 5.41. The monoisotopic (exact) mass is 193 g/mol. The minimum absolute atomic E-state index is 0.179. The zero-order valence-electron chi connectivity index (χ0n) is 8.90. The van der Waals surface area contributed by atoms with Gasteiger partial charge in [-0.25, -0.2) is 5.84 Å². The number of rotatable bonds is 5. The zero-order chi connectivity index (χ0) is 11.1. The van der Waals surface area contributed by atoms with E-state index in [1.165, 1.54) is 0 Å². The molecule has 3 nitrogen and oxygen atoms in total. The molecule has 3 heteroatoms. The maximum atomic E-state index is 5.84. The summed E-state index contributed by atoms with van der Waals surface area (Å²) >= 11 is 0. The van der Waals surface area contributed by atoms with Crippen molar-refractivity contribution in [3.63, 3.8) is 0 Å². The second-order valence-corrected chi connectivity index (χ2v) is 3.15. The number of allylic oxidation sites excluding steroid dienone is 4. The molecule has 0 amide bonds. The lowest BCUT2D eigenvalue weighted by Crippen LogP contribution is -2.38. The van der Waals surface area contributed by atoms with Crippen LogP contribution in [-0.4, -0.2) is 11.1 Å². The number of hydrazine groups is 1. The Morgan fingerprint density at radius 3 is 2.07 bits per heavy atom. The van der Waals surface area contributed by atoms with Gasteiger partial charge < -0.3 is 10.7 Å². The minimum atomic E-state index is 0.179. The maximum absolute atomic E-state index is 5.84. The molecule has 0 aromatic carbocycles. The summed E-state index contributed by atoms with van der Waals surface area (Å²) in [5.41, 5.74) is 7.13. The Hall–Kier alpha value is -1.48. The van der Waals surface area contributed by atoms with Crippen molar-refractivity contribution in [1.29, 1.82) is 0 Å². The summed E-state index contributed by atoms with van der Waals surface area (Å²) < 4.78 is 0. The normalized spacial score (nSPS) is 12.9. The standard InChI is InChI=1S/C11H19N3/c1-5-7-10(12)11(8-6-2)14(13)9(3)4/h5-9H,1-2,12-13H2,3-4H3/b10-7+,11-8+. The summed E-state index contributed by atoms with van der Waals surface area (Å²) in [6.45, 7) is 11.2. The SMILES string of the molecule is C=C/C=C(N)\C(=C/C=C)N(N)C(C)C. The molecule has 0 aliphatic carbocycles. The summed E-state index contributed by atoms with van der Waals surface area (Å²) in [5.74, 6) is 5.84. The van der Waals surface area contributed by atoms with E-state index in [2.05, 4.69) is 13.2 Å². The van der Waals surface area contributed by atoms with Gasteiger partial charge in [-0.2, -0.15) is 0 Å². The van der Waals surface area contributed by atoms with E-state index < -0.39 is 0 Å². The molecule has 14 heavy (non-hydrogen) atoms. The van der Waals surface area contributed by atoms with Crippen LogP contribution in [0, 0.1) is 0 Å². The second kappa shape index (κ2) is 6.05. The predicted molar refractivity (Wildman–Crippen MR) is 61.9 cm³/mol. The largest absolute Gasteiger partial charge is 0.397 e. The predicted octanol–water partition coefficient (Wildman–Crippen LogP) is 1.67. The Labute approximate surface area is 86.0 Å². The molecule has 0 bridgehead atoms. The minimum Gasteiger partial charge on any atom is -0.397 e. The number of nitrogens with zero attached hydrogens (tertiary/aromatic N) is 1. The fourth-order valence-corrected chi connectivity index (χ4v) is 0.934. The Bertz CT molecular complexity index is 262. The summed E-state index contributed by atoms with van der Waals surface area (Å²) in [7, 11) is 0. The third kappa shape index (κ3) is 3.49. The van der Waals surface area contributed by atoms with E-state index in [1.807, 2.05) is 13.8 Å². The molecule has 0 radical (unpaired) electrons. The Balaban J connectivity index is 4.96. The molecule has 0 spiro atoms. The highest BCUT2D eigenvalue weighted by Crippen LogP contribution is 2.10. The maximum Gasteiger partial charge on any atom is 0.0749 e. The number of hydrogen-bond acceptors (Lipinski definition) is 3. The molecule has 0 aromatic heterocycles. The van der Waals surface area contributed by atoms with E-state index in [1.54, 1.807) is 29.3 Å². The zero-order valence-corrected chi connectivity index (χ0v) is 8.90. The van der Waals surface area contributed by atoms with Crippen molar-refractivity contribution in [3.05, 3.63) is 48.9 Å². The molecule has 0 fully saturated rings. The average Bonchev–Trinajstić information content (AvgIpc) is 2.13. The van der Waals surface area contributed by atoms with Gasteiger partial charge in [0, 0.05) is 6.04 Å². The van der Waals surface area contributed by atoms with E-state index in [4.69, 9.17) is 11.6 Å². The molecule has 78 valence electrons. The van der Waals surface area contributed by atoms with Gasteiger partial charge >= 0.3 is 0 Å². The Morgan fingerprint density at radius 2 is 1.71 bits per heavy atom. The number of hydrogen-bond donors (Lipinski definition) is 2.